The summed E-state index contributed by atoms with van der Waals surface area (Å²) in [5, 5.41) is 9.51. The molecular formula is C19H16Cl3N3O2. The molecule has 5 nitrogen and oxygen atoms in total. The summed E-state index contributed by atoms with van der Waals surface area (Å²) < 4.78 is 0. The Morgan fingerprint density at radius 1 is 1.11 bits per heavy atom. The number of hydrogen-bond donors (Lipinski definition) is 0. The van der Waals surface area contributed by atoms with Gasteiger partial charge in [0.25, 0.3) is 0 Å². The van der Waals surface area contributed by atoms with E-state index in [1.54, 1.807) is 23.2 Å². The molecule has 1 spiro atoms. The molecular weight excluding hydrogens is 409 g/mol. The van der Waals surface area contributed by atoms with Crippen molar-refractivity contribution in [3.05, 3.63) is 63.1 Å². The summed E-state index contributed by atoms with van der Waals surface area (Å²) in [5.41, 5.74) is 1.73. The minimum Gasteiger partial charge on any atom is -0.385 e. The molecule has 2 aromatic rings. The van der Waals surface area contributed by atoms with Gasteiger partial charge >= 0.3 is 0 Å². The number of anilines is 1. The molecule has 2 aliphatic rings. The van der Waals surface area contributed by atoms with E-state index in [-0.39, 0.29) is 5.91 Å². The number of benzene rings is 2. The van der Waals surface area contributed by atoms with Gasteiger partial charge < -0.3 is 4.84 Å². The monoisotopic (exact) mass is 423 g/mol. The van der Waals surface area contributed by atoms with Crippen LogP contribution in [0.1, 0.15) is 18.9 Å². The van der Waals surface area contributed by atoms with Crippen LogP contribution in [0.5, 0.6) is 0 Å². The maximum atomic E-state index is 12.2. The predicted octanol–water partition coefficient (Wildman–Crippen LogP) is 4.79. The molecule has 8 heteroatoms. The quantitative estimate of drug-likeness (QED) is 0.696. The van der Waals surface area contributed by atoms with Crippen molar-refractivity contribution in [1.82, 2.24) is 5.01 Å². The van der Waals surface area contributed by atoms with E-state index >= 15 is 0 Å². The summed E-state index contributed by atoms with van der Waals surface area (Å²) in [6, 6.07) is 12.7. The number of carbonyl (C=O) groups excluding carboxylic acids is 1. The van der Waals surface area contributed by atoms with Gasteiger partial charge in [0.2, 0.25) is 5.91 Å². The molecule has 27 heavy (non-hydrogen) atoms. The first-order valence-electron chi connectivity index (χ1n) is 8.38. The summed E-state index contributed by atoms with van der Waals surface area (Å²) in [5.74, 6) is -0.0755. The molecule has 1 amide bonds. The van der Waals surface area contributed by atoms with Crippen molar-refractivity contribution in [1.29, 1.82) is 0 Å². The van der Waals surface area contributed by atoms with E-state index in [0.29, 0.717) is 34.6 Å². The van der Waals surface area contributed by atoms with Gasteiger partial charge in [-0.3, -0.25) is 9.80 Å². The van der Waals surface area contributed by atoms with Crippen LogP contribution >= 0.6 is 34.8 Å². The molecule has 1 unspecified atom stereocenters. The number of amides is 1. The van der Waals surface area contributed by atoms with Gasteiger partial charge in [0.1, 0.15) is 0 Å². The second-order valence-corrected chi connectivity index (χ2v) is 8.01. The van der Waals surface area contributed by atoms with E-state index in [1.165, 1.54) is 6.92 Å². The van der Waals surface area contributed by atoms with Crippen molar-refractivity contribution in [2.75, 3.05) is 18.1 Å². The highest BCUT2D eigenvalue weighted by molar-refractivity contribution is 6.37. The topological polar surface area (TPSA) is 45.1 Å². The number of oxime groups is 1. The largest absolute Gasteiger partial charge is 0.385 e. The molecule has 0 aliphatic carbocycles. The molecule has 1 saturated heterocycles. The maximum Gasteiger partial charge on any atom is 0.238 e. The normalized spacial score (nSPS) is 21.6. The third-order valence-corrected chi connectivity index (χ3v) is 5.50. The molecule has 140 valence electrons. The van der Waals surface area contributed by atoms with Crippen LogP contribution in [0.4, 0.5) is 5.69 Å². The SMILES string of the molecule is CC(=O)N1CC2(CC(c3ccc(Cl)cc3Cl)=NO2)CN1c1cccc(Cl)c1. The second-order valence-electron chi connectivity index (χ2n) is 6.73. The fourth-order valence-electron chi connectivity index (χ4n) is 3.47. The average Bonchev–Trinajstić information content (AvgIpc) is 3.19. The number of hydrogen-bond acceptors (Lipinski definition) is 4. The maximum absolute atomic E-state index is 12.2. The zero-order valence-electron chi connectivity index (χ0n) is 14.5. The first kappa shape index (κ1) is 18.4. The lowest BCUT2D eigenvalue weighted by atomic mass is 9.94. The van der Waals surface area contributed by atoms with Crippen LogP contribution in [0.3, 0.4) is 0 Å². The van der Waals surface area contributed by atoms with Crippen molar-refractivity contribution in [2.45, 2.75) is 18.9 Å². The average molecular weight is 425 g/mol. The first-order chi connectivity index (χ1) is 12.9. The highest BCUT2D eigenvalue weighted by atomic mass is 35.5. The number of hydrazine groups is 1. The Bertz CT molecular complexity index is 950. The van der Waals surface area contributed by atoms with E-state index in [2.05, 4.69) is 5.16 Å². The summed E-state index contributed by atoms with van der Waals surface area (Å²) in [4.78, 5) is 18.1. The highest BCUT2D eigenvalue weighted by Gasteiger charge is 2.50. The molecule has 2 aromatic carbocycles. The molecule has 1 fully saturated rings. The lowest BCUT2D eigenvalue weighted by Crippen LogP contribution is -2.40. The van der Waals surface area contributed by atoms with Crippen molar-refractivity contribution < 1.29 is 9.63 Å². The van der Waals surface area contributed by atoms with Gasteiger partial charge in [-0.25, -0.2) is 5.01 Å². The Labute approximate surface area is 172 Å². The summed E-state index contributed by atoms with van der Waals surface area (Å²) in [6.07, 6.45) is 0.537. The van der Waals surface area contributed by atoms with Crippen LogP contribution in [-0.4, -0.2) is 35.3 Å². The molecule has 2 heterocycles. The van der Waals surface area contributed by atoms with Crippen LogP contribution in [-0.2, 0) is 9.63 Å². The summed E-state index contributed by atoms with van der Waals surface area (Å²) in [7, 11) is 0. The van der Waals surface area contributed by atoms with Crippen molar-refractivity contribution in [3.8, 4) is 0 Å². The fraction of sp³-hybridized carbons (Fsp3) is 0.263. The number of carbonyl (C=O) groups is 1. The molecule has 1 atom stereocenters. The fourth-order valence-corrected chi connectivity index (χ4v) is 4.18. The minimum absolute atomic E-state index is 0.0755. The highest BCUT2D eigenvalue weighted by Crippen LogP contribution is 2.38. The molecule has 0 N–H and O–H groups in total. The van der Waals surface area contributed by atoms with E-state index < -0.39 is 5.60 Å². The first-order valence-corrected chi connectivity index (χ1v) is 9.52. The van der Waals surface area contributed by atoms with Gasteiger partial charge in [-0.05, 0) is 30.3 Å². The lowest BCUT2D eigenvalue weighted by molar-refractivity contribution is -0.129. The Hall–Kier alpha value is -1.95. The predicted molar refractivity (Wildman–Crippen MR) is 108 cm³/mol. The molecule has 4 rings (SSSR count). The second kappa shape index (κ2) is 6.89. The zero-order valence-corrected chi connectivity index (χ0v) is 16.7. The lowest BCUT2D eigenvalue weighted by Gasteiger charge is -2.28. The third kappa shape index (κ3) is 3.47. The zero-order chi connectivity index (χ0) is 19.2. The third-order valence-electron chi connectivity index (χ3n) is 4.72. The minimum atomic E-state index is -0.633. The van der Waals surface area contributed by atoms with E-state index in [1.807, 2.05) is 29.3 Å². The molecule has 2 aliphatic heterocycles. The van der Waals surface area contributed by atoms with Crippen LogP contribution in [0.2, 0.25) is 15.1 Å². The number of rotatable bonds is 2. The van der Waals surface area contributed by atoms with Crippen molar-refractivity contribution in [2.24, 2.45) is 5.16 Å². The van der Waals surface area contributed by atoms with Gasteiger partial charge in [0, 0.05) is 29.0 Å². The molecule has 0 aromatic heterocycles. The van der Waals surface area contributed by atoms with Crippen LogP contribution in [0, 0.1) is 0 Å². The van der Waals surface area contributed by atoms with Gasteiger partial charge in [0.05, 0.1) is 29.5 Å². The Kier molecular flexibility index (Phi) is 4.70. The van der Waals surface area contributed by atoms with Crippen molar-refractivity contribution >= 4 is 52.1 Å². The number of halogens is 3. The molecule has 0 radical (unpaired) electrons. The van der Waals surface area contributed by atoms with E-state index in [0.717, 1.165) is 17.0 Å². The van der Waals surface area contributed by atoms with E-state index in [4.69, 9.17) is 39.6 Å². The smallest absolute Gasteiger partial charge is 0.238 e. The van der Waals surface area contributed by atoms with Gasteiger partial charge in [-0.1, -0.05) is 52.1 Å². The Balaban J connectivity index is 1.61. The van der Waals surface area contributed by atoms with Crippen LogP contribution < -0.4 is 5.01 Å². The van der Waals surface area contributed by atoms with Crippen LogP contribution in [0.15, 0.2) is 47.6 Å². The Morgan fingerprint density at radius 3 is 2.59 bits per heavy atom. The summed E-state index contributed by atoms with van der Waals surface area (Å²) in [6.45, 7) is 2.40. The van der Waals surface area contributed by atoms with Crippen LogP contribution in [0.25, 0.3) is 0 Å². The van der Waals surface area contributed by atoms with Gasteiger partial charge in [-0.2, -0.15) is 0 Å². The Morgan fingerprint density at radius 2 is 1.89 bits per heavy atom. The van der Waals surface area contributed by atoms with Crippen molar-refractivity contribution in [3.63, 3.8) is 0 Å². The molecule has 0 bridgehead atoms. The van der Waals surface area contributed by atoms with Gasteiger partial charge in [-0.15, -0.1) is 0 Å². The molecule has 0 saturated carbocycles. The summed E-state index contributed by atoms with van der Waals surface area (Å²) >= 11 is 18.4. The standard InChI is InChI=1S/C19H16Cl3N3O2/c1-12(26)24-10-19(11-25(24)15-4-2-3-13(20)7-15)9-18(23-27-19)16-6-5-14(21)8-17(16)22/h2-8H,9-11H2,1H3. The number of nitrogens with zero attached hydrogens (tertiary/aromatic N) is 3. The van der Waals surface area contributed by atoms with Gasteiger partial charge in [0.15, 0.2) is 5.60 Å². The van der Waals surface area contributed by atoms with E-state index in [9.17, 15) is 4.79 Å².